The number of nitrogens with zero attached hydrogens (tertiary/aromatic N) is 3. The van der Waals surface area contributed by atoms with Crippen molar-refractivity contribution < 1.29 is 18.0 Å². The van der Waals surface area contributed by atoms with Crippen molar-refractivity contribution in [1.29, 1.82) is 0 Å². The normalized spacial score (nSPS) is 22.8. The molecule has 3 aliphatic rings. The fourth-order valence-corrected chi connectivity index (χ4v) is 6.91. The standard InChI is InChI=1S/C23H33N3O4S/c1-15-14-16(2)18(4)21(17(15)3)31(29,30)25-12-10-24(11-13-25)23(28)20-6-5-9-26(20)22(27)19-7-8-19/h14,19-20H,5-13H2,1-4H3. The number of aryl methyl sites for hydroxylation is 2. The number of piperazine rings is 1. The lowest BCUT2D eigenvalue weighted by Crippen LogP contribution is -2.55. The number of benzene rings is 1. The number of sulfonamides is 1. The second kappa shape index (κ2) is 8.20. The van der Waals surface area contributed by atoms with Crippen molar-refractivity contribution in [3.05, 3.63) is 28.3 Å². The summed E-state index contributed by atoms with van der Waals surface area (Å²) in [7, 11) is -3.63. The van der Waals surface area contributed by atoms with Crippen LogP contribution in [0.4, 0.5) is 0 Å². The van der Waals surface area contributed by atoms with Gasteiger partial charge in [0.15, 0.2) is 0 Å². The molecule has 170 valence electrons. The Labute approximate surface area is 185 Å². The molecule has 1 aromatic carbocycles. The smallest absolute Gasteiger partial charge is 0.245 e. The van der Waals surface area contributed by atoms with E-state index < -0.39 is 10.0 Å². The van der Waals surface area contributed by atoms with Crippen LogP contribution in [0.5, 0.6) is 0 Å². The predicted molar refractivity (Wildman–Crippen MR) is 118 cm³/mol. The van der Waals surface area contributed by atoms with Crippen molar-refractivity contribution in [2.75, 3.05) is 32.7 Å². The van der Waals surface area contributed by atoms with Gasteiger partial charge in [-0.1, -0.05) is 6.07 Å². The van der Waals surface area contributed by atoms with Gasteiger partial charge in [0.1, 0.15) is 6.04 Å². The number of carbonyl (C=O) groups is 2. The molecule has 0 spiro atoms. The van der Waals surface area contributed by atoms with Gasteiger partial charge >= 0.3 is 0 Å². The molecule has 1 aromatic rings. The van der Waals surface area contributed by atoms with E-state index in [-0.39, 0.29) is 36.9 Å². The fourth-order valence-electron chi connectivity index (χ4n) is 4.91. The average molecular weight is 448 g/mol. The van der Waals surface area contributed by atoms with Crippen LogP contribution in [0.2, 0.25) is 0 Å². The van der Waals surface area contributed by atoms with E-state index in [1.54, 1.807) is 9.80 Å². The van der Waals surface area contributed by atoms with Crippen LogP contribution in [-0.4, -0.2) is 73.1 Å². The third-order valence-corrected chi connectivity index (χ3v) is 9.37. The highest BCUT2D eigenvalue weighted by molar-refractivity contribution is 7.89. The van der Waals surface area contributed by atoms with Crippen molar-refractivity contribution in [3.63, 3.8) is 0 Å². The van der Waals surface area contributed by atoms with Crippen molar-refractivity contribution in [1.82, 2.24) is 14.1 Å². The molecule has 0 aromatic heterocycles. The second-order valence-electron chi connectivity index (χ2n) is 9.28. The molecule has 3 fully saturated rings. The van der Waals surface area contributed by atoms with E-state index in [0.29, 0.717) is 31.0 Å². The summed E-state index contributed by atoms with van der Waals surface area (Å²) in [5.41, 5.74) is 3.53. The van der Waals surface area contributed by atoms with E-state index in [0.717, 1.165) is 41.5 Å². The molecule has 0 radical (unpaired) electrons. The Bertz CT molecular complexity index is 982. The largest absolute Gasteiger partial charge is 0.338 e. The Morgan fingerprint density at radius 3 is 1.97 bits per heavy atom. The Morgan fingerprint density at radius 1 is 0.839 bits per heavy atom. The number of amides is 2. The third kappa shape index (κ3) is 4.00. The maximum atomic E-state index is 13.5. The zero-order valence-corrected chi connectivity index (χ0v) is 19.8. The zero-order chi connectivity index (χ0) is 22.5. The van der Waals surface area contributed by atoms with Crippen molar-refractivity contribution in [2.24, 2.45) is 5.92 Å². The van der Waals surface area contributed by atoms with Crippen LogP contribution in [0.1, 0.15) is 47.9 Å². The minimum Gasteiger partial charge on any atom is -0.338 e. The summed E-state index contributed by atoms with van der Waals surface area (Å²) in [6, 6.07) is 1.65. The van der Waals surface area contributed by atoms with Crippen molar-refractivity contribution in [2.45, 2.75) is 64.3 Å². The molecular weight excluding hydrogens is 414 g/mol. The molecule has 2 amide bonds. The molecule has 7 nitrogen and oxygen atoms in total. The quantitative estimate of drug-likeness (QED) is 0.709. The zero-order valence-electron chi connectivity index (χ0n) is 19.0. The highest BCUT2D eigenvalue weighted by atomic mass is 32.2. The van der Waals surface area contributed by atoms with Gasteiger partial charge in [-0.2, -0.15) is 4.31 Å². The Hall–Kier alpha value is -1.93. The molecule has 31 heavy (non-hydrogen) atoms. The number of carbonyl (C=O) groups excluding carboxylic acids is 2. The van der Waals surface area contributed by atoms with Crippen LogP contribution in [0, 0.1) is 33.6 Å². The van der Waals surface area contributed by atoms with Gasteiger partial charge in [0.2, 0.25) is 21.8 Å². The maximum absolute atomic E-state index is 13.5. The van der Waals surface area contributed by atoms with E-state index in [2.05, 4.69) is 0 Å². The van der Waals surface area contributed by atoms with Crippen molar-refractivity contribution >= 4 is 21.8 Å². The van der Waals surface area contributed by atoms with E-state index >= 15 is 0 Å². The molecule has 1 atom stereocenters. The molecule has 0 N–H and O–H groups in total. The van der Waals surface area contributed by atoms with E-state index in [9.17, 15) is 18.0 Å². The Balaban J connectivity index is 1.46. The number of rotatable bonds is 4. The first-order valence-corrected chi connectivity index (χ1v) is 12.7. The predicted octanol–water partition coefficient (Wildman–Crippen LogP) is 2.15. The summed E-state index contributed by atoms with van der Waals surface area (Å²) >= 11 is 0. The van der Waals surface area contributed by atoms with Gasteiger partial charge in [0, 0.05) is 38.6 Å². The molecule has 1 unspecified atom stereocenters. The Morgan fingerprint density at radius 2 is 1.42 bits per heavy atom. The molecule has 0 bridgehead atoms. The van der Waals surface area contributed by atoms with Crippen LogP contribution in [0.25, 0.3) is 0 Å². The van der Waals surface area contributed by atoms with Crippen LogP contribution in [-0.2, 0) is 19.6 Å². The molecule has 8 heteroatoms. The van der Waals surface area contributed by atoms with Crippen LogP contribution >= 0.6 is 0 Å². The molecule has 1 saturated carbocycles. The van der Waals surface area contributed by atoms with Gasteiger partial charge in [-0.3, -0.25) is 9.59 Å². The number of hydrogen-bond acceptors (Lipinski definition) is 4. The third-order valence-electron chi connectivity index (χ3n) is 7.19. The van der Waals surface area contributed by atoms with Crippen LogP contribution in [0.3, 0.4) is 0 Å². The monoisotopic (exact) mass is 447 g/mol. The van der Waals surface area contributed by atoms with Gasteiger partial charge < -0.3 is 9.80 Å². The summed E-state index contributed by atoms with van der Waals surface area (Å²) in [6.07, 6.45) is 3.43. The summed E-state index contributed by atoms with van der Waals surface area (Å²) in [5.74, 6) is 0.208. The first-order valence-electron chi connectivity index (χ1n) is 11.3. The first kappa shape index (κ1) is 22.3. The van der Waals surface area contributed by atoms with Gasteiger partial charge in [0.05, 0.1) is 4.90 Å². The average Bonchev–Trinajstić information content (AvgIpc) is 3.48. The maximum Gasteiger partial charge on any atom is 0.245 e. The van der Waals surface area contributed by atoms with Gasteiger partial charge in [-0.15, -0.1) is 0 Å². The fraction of sp³-hybridized carbons (Fsp3) is 0.652. The summed E-state index contributed by atoms with van der Waals surface area (Å²) in [5, 5.41) is 0. The topological polar surface area (TPSA) is 78.0 Å². The Kier molecular flexibility index (Phi) is 5.89. The van der Waals surface area contributed by atoms with E-state index in [1.807, 2.05) is 33.8 Å². The minimum absolute atomic E-state index is 0.0256. The lowest BCUT2D eigenvalue weighted by atomic mass is 10.0. The minimum atomic E-state index is -3.63. The van der Waals surface area contributed by atoms with Crippen molar-refractivity contribution in [3.8, 4) is 0 Å². The van der Waals surface area contributed by atoms with Crippen LogP contribution < -0.4 is 0 Å². The molecule has 4 rings (SSSR count). The number of hydrogen-bond donors (Lipinski definition) is 0. The highest BCUT2D eigenvalue weighted by Gasteiger charge is 2.43. The van der Waals surface area contributed by atoms with E-state index in [4.69, 9.17) is 0 Å². The molecule has 2 heterocycles. The highest BCUT2D eigenvalue weighted by Crippen LogP contribution is 2.34. The van der Waals surface area contributed by atoms with Gasteiger partial charge in [-0.25, -0.2) is 8.42 Å². The van der Waals surface area contributed by atoms with Gasteiger partial charge in [-0.05, 0) is 75.6 Å². The second-order valence-corrected chi connectivity index (χ2v) is 11.2. The summed E-state index contributed by atoms with van der Waals surface area (Å²) in [4.78, 5) is 29.6. The SMILES string of the molecule is Cc1cc(C)c(C)c(S(=O)(=O)N2CCN(C(=O)C3CCCN3C(=O)C3CC3)CC2)c1C. The van der Waals surface area contributed by atoms with Crippen LogP contribution in [0.15, 0.2) is 11.0 Å². The van der Waals surface area contributed by atoms with E-state index in [1.165, 1.54) is 4.31 Å². The first-order chi connectivity index (χ1) is 14.6. The molecule has 2 aliphatic heterocycles. The number of likely N-dealkylation sites (tertiary alicyclic amines) is 1. The lowest BCUT2D eigenvalue weighted by Gasteiger charge is -2.37. The molecule has 2 saturated heterocycles. The molecular formula is C23H33N3O4S. The lowest BCUT2D eigenvalue weighted by molar-refractivity contribution is -0.145. The van der Waals surface area contributed by atoms with Gasteiger partial charge in [0.25, 0.3) is 0 Å². The summed E-state index contributed by atoms with van der Waals surface area (Å²) < 4.78 is 28.4. The molecule has 1 aliphatic carbocycles. The summed E-state index contributed by atoms with van der Waals surface area (Å²) in [6.45, 7) is 9.55.